The van der Waals surface area contributed by atoms with E-state index in [1.807, 2.05) is 13.0 Å². The van der Waals surface area contributed by atoms with Crippen LogP contribution in [-0.4, -0.2) is 51.0 Å². The number of carbonyl (C=O) groups is 2. The molecule has 1 atom stereocenters. The zero-order valence-corrected chi connectivity index (χ0v) is 19.0. The highest BCUT2D eigenvalue weighted by molar-refractivity contribution is 7.92. The van der Waals surface area contributed by atoms with Crippen molar-refractivity contribution < 1.29 is 18.0 Å². The summed E-state index contributed by atoms with van der Waals surface area (Å²) in [6, 6.07) is 13.0. The molecule has 2 aromatic rings. The molecule has 2 amide bonds. The van der Waals surface area contributed by atoms with Crippen molar-refractivity contribution in [2.75, 3.05) is 24.2 Å². The minimum atomic E-state index is -3.73. The molecule has 2 aromatic carbocycles. The fourth-order valence-corrected chi connectivity index (χ4v) is 3.94. The fraction of sp³-hybridized carbons (Fsp3) is 0.333. The first-order valence-corrected chi connectivity index (χ1v) is 11.6. The summed E-state index contributed by atoms with van der Waals surface area (Å²) in [5.74, 6) is -0.841. The van der Waals surface area contributed by atoms with Crippen LogP contribution in [0, 0.1) is 6.92 Å². The SMILES string of the molecule is CNC(=O)[C@H](C)N(Cc1ccc(Cl)cc1)C(=O)CN(c1cccc(C)c1)S(C)(=O)=O. The summed E-state index contributed by atoms with van der Waals surface area (Å²) in [6.07, 6.45) is 1.05. The Labute approximate surface area is 182 Å². The highest BCUT2D eigenvalue weighted by atomic mass is 35.5. The van der Waals surface area contributed by atoms with Gasteiger partial charge in [-0.15, -0.1) is 0 Å². The molecule has 0 heterocycles. The first-order chi connectivity index (χ1) is 14.0. The zero-order chi connectivity index (χ0) is 22.5. The van der Waals surface area contributed by atoms with Crippen LogP contribution in [0.15, 0.2) is 48.5 Å². The number of hydrogen-bond acceptors (Lipinski definition) is 4. The summed E-state index contributed by atoms with van der Waals surface area (Å²) in [5, 5.41) is 3.09. The quantitative estimate of drug-likeness (QED) is 0.668. The van der Waals surface area contributed by atoms with Gasteiger partial charge in [0.1, 0.15) is 12.6 Å². The van der Waals surface area contributed by atoms with Crippen molar-refractivity contribution in [1.82, 2.24) is 10.2 Å². The third kappa shape index (κ3) is 6.21. The second-order valence-corrected chi connectivity index (χ2v) is 9.39. The summed E-state index contributed by atoms with van der Waals surface area (Å²) >= 11 is 5.93. The predicted octanol–water partition coefficient (Wildman–Crippen LogP) is 2.58. The highest BCUT2D eigenvalue weighted by Gasteiger charge is 2.29. The summed E-state index contributed by atoms with van der Waals surface area (Å²) in [5.41, 5.74) is 2.03. The Morgan fingerprint density at radius 1 is 1.13 bits per heavy atom. The molecule has 0 aliphatic carbocycles. The van der Waals surface area contributed by atoms with E-state index in [0.29, 0.717) is 10.7 Å². The number of benzene rings is 2. The molecule has 0 saturated heterocycles. The third-order valence-electron chi connectivity index (χ3n) is 4.65. The number of sulfonamides is 1. The number of nitrogens with one attached hydrogen (secondary N) is 1. The van der Waals surface area contributed by atoms with Gasteiger partial charge in [0.15, 0.2) is 0 Å². The van der Waals surface area contributed by atoms with Gasteiger partial charge in [0.2, 0.25) is 21.8 Å². The molecule has 0 spiro atoms. The van der Waals surface area contributed by atoms with E-state index in [4.69, 9.17) is 11.6 Å². The highest BCUT2D eigenvalue weighted by Crippen LogP contribution is 2.20. The number of amides is 2. The minimum absolute atomic E-state index is 0.135. The van der Waals surface area contributed by atoms with Gasteiger partial charge in [0.25, 0.3) is 0 Å². The van der Waals surface area contributed by atoms with Crippen LogP contribution >= 0.6 is 11.6 Å². The molecule has 0 unspecified atom stereocenters. The summed E-state index contributed by atoms with van der Waals surface area (Å²) in [4.78, 5) is 26.8. The molecule has 0 aromatic heterocycles. The number of halogens is 1. The normalized spacial score (nSPS) is 12.2. The maximum Gasteiger partial charge on any atom is 0.244 e. The monoisotopic (exact) mass is 451 g/mol. The van der Waals surface area contributed by atoms with E-state index in [9.17, 15) is 18.0 Å². The molecule has 0 aliphatic heterocycles. The Morgan fingerprint density at radius 2 is 1.77 bits per heavy atom. The molecule has 7 nitrogen and oxygen atoms in total. The lowest BCUT2D eigenvalue weighted by Crippen LogP contribution is -2.50. The van der Waals surface area contributed by atoms with E-state index in [1.54, 1.807) is 49.4 Å². The average Bonchev–Trinajstić information content (AvgIpc) is 2.69. The van der Waals surface area contributed by atoms with Crippen LogP contribution < -0.4 is 9.62 Å². The predicted molar refractivity (Wildman–Crippen MR) is 119 cm³/mol. The van der Waals surface area contributed by atoms with E-state index in [0.717, 1.165) is 21.7 Å². The topological polar surface area (TPSA) is 86.8 Å². The lowest BCUT2D eigenvalue weighted by atomic mass is 10.1. The van der Waals surface area contributed by atoms with Crippen LogP contribution in [0.5, 0.6) is 0 Å². The Hall–Kier alpha value is -2.58. The third-order valence-corrected chi connectivity index (χ3v) is 6.04. The van der Waals surface area contributed by atoms with E-state index in [2.05, 4.69) is 5.32 Å². The molecule has 0 saturated carbocycles. The average molecular weight is 452 g/mol. The maximum atomic E-state index is 13.2. The van der Waals surface area contributed by atoms with Crippen LogP contribution in [0.1, 0.15) is 18.1 Å². The van der Waals surface area contributed by atoms with Gasteiger partial charge < -0.3 is 10.2 Å². The van der Waals surface area contributed by atoms with Crippen LogP contribution in [0.25, 0.3) is 0 Å². The van der Waals surface area contributed by atoms with E-state index in [1.165, 1.54) is 11.9 Å². The Bertz CT molecular complexity index is 1010. The maximum absolute atomic E-state index is 13.2. The molecule has 0 bridgehead atoms. The van der Waals surface area contributed by atoms with Crippen molar-refractivity contribution in [2.45, 2.75) is 26.4 Å². The van der Waals surface area contributed by atoms with Crippen molar-refractivity contribution in [1.29, 1.82) is 0 Å². The van der Waals surface area contributed by atoms with E-state index >= 15 is 0 Å². The van der Waals surface area contributed by atoms with Crippen molar-refractivity contribution in [3.05, 3.63) is 64.7 Å². The molecule has 30 heavy (non-hydrogen) atoms. The van der Waals surface area contributed by atoms with Crippen molar-refractivity contribution in [3.63, 3.8) is 0 Å². The number of rotatable bonds is 8. The number of hydrogen-bond donors (Lipinski definition) is 1. The van der Waals surface area contributed by atoms with Crippen LogP contribution in [0.4, 0.5) is 5.69 Å². The Morgan fingerprint density at radius 3 is 2.30 bits per heavy atom. The minimum Gasteiger partial charge on any atom is -0.357 e. The molecule has 0 fully saturated rings. The van der Waals surface area contributed by atoms with Gasteiger partial charge in [-0.05, 0) is 49.2 Å². The molecule has 2 rings (SSSR count). The van der Waals surface area contributed by atoms with Gasteiger partial charge in [-0.3, -0.25) is 13.9 Å². The first-order valence-electron chi connectivity index (χ1n) is 9.33. The molecular formula is C21H26ClN3O4S. The van der Waals surface area contributed by atoms with Gasteiger partial charge in [0, 0.05) is 18.6 Å². The smallest absolute Gasteiger partial charge is 0.244 e. The van der Waals surface area contributed by atoms with Crippen molar-refractivity contribution in [3.8, 4) is 0 Å². The Balaban J connectivity index is 2.36. The van der Waals surface area contributed by atoms with Gasteiger partial charge in [-0.25, -0.2) is 8.42 Å². The summed E-state index contributed by atoms with van der Waals surface area (Å²) < 4.78 is 25.9. The number of aryl methyl sites for hydroxylation is 1. The van der Waals surface area contributed by atoms with Crippen molar-refractivity contribution >= 4 is 39.1 Å². The molecule has 0 aliphatic rings. The number of anilines is 1. The first kappa shape index (κ1) is 23.7. The van der Waals surface area contributed by atoms with Gasteiger partial charge in [0.05, 0.1) is 11.9 Å². The second kappa shape index (κ2) is 9.95. The number of nitrogens with zero attached hydrogens (tertiary/aromatic N) is 2. The molecule has 9 heteroatoms. The second-order valence-electron chi connectivity index (χ2n) is 7.05. The number of likely N-dealkylation sites (N-methyl/N-ethyl adjacent to an activating group) is 1. The summed E-state index contributed by atoms with van der Waals surface area (Å²) in [6.45, 7) is 3.16. The van der Waals surface area contributed by atoms with Crippen molar-refractivity contribution in [2.24, 2.45) is 0 Å². The molecule has 162 valence electrons. The lowest BCUT2D eigenvalue weighted by Gasteiger charge is -2.31. The molecule has 0 radical (unpaired) electrons. The fourth-order valence-electron chi connectivity index (χ4n) is 2.97. The largest absolute Gasteiger partial charge is 0.357 e. The molecule has 1 N–H and O–H groups in total. The number of carbonyl (C=O) groups excluding carboxylic acids is 2. The van der Waals surface area contributed by atoms with Gasteiger partial charge >= 0.3 is 0 Å². The van der Waals surface area contributed by atoms with Gasteiger partial charge in [-0.1, -0.05) is 35.9 Å². The van der Waals surface area contributed by atoms with Gasteiger partial charge in [-0.2, -0.15) is 0 Å². The van der Waals surface area contributed by atoms with Crippen LogP contribution in [-0.2, 0) is 26.2 Å². The van der Waals surface area contributed by atoms with Crippen LogP contribution in [0.2, 0.25) is 5.02 Å². The van der Waals surface area contributed by atoms with E-state index < -0.39 is 28.5 Å². The standard InChI is InChI=1S/C21H26ClN3O4S/c1-15-6-5-7-19(12-15)25(30(4,28)29)14-20(26)24(16(2)21(27)23-3)13-17-8-10-18(22)11-9-17/h5-12,16H,13-14H2,1-4H3,(H,23,27)/t16-/m0/s1. The zero-order valence-electron chi connectivity index (χ0n) is 17.4. The van der Waals surface area contributed by atoms with Crippen LogP contribution in [0.3, 0.4) is 0 Å². The van der Waals surface area contributed by atoms with E-state index in [-0.39, 0.29) is 12.5 Å². The lowest BCUT2D eigenvalue weighted by molar-refractivity contribution is -0.139. The molecular weight excluding hydrogens is 426 g/mol. The Kier molecular flexibility index (Phi) is 7.86. The summed E-state index contributed by atoms with van der Waals surface area (Å²) in [7, 11) is -2.24.